The number of hydrogen-bond acceptors (Lipinski definition) is 4. The smallest absolute Gasteiger partial charge is 0.0503 e. The van der Waals surface area contributed by atoms with Gasteiger partial charge in [0.2, 0.25) is 0 Å². The zero-order chi connectivity index (χ0) is 38.0. The lowest BCUT2D eigenvalue weighted by Gasteiger charge is -2.19. The Morgan fingerprint density at radius 2 is 0.679 bits per heavy atom. The van der Waals surface area contributed by atoms with Crippen molar-refractivity contribution in [1.29, 1.82) is 0 Å². The van der Waals surface area contributed by atoms with Gasteiger partial charge in [-0.25, -0.2) is 0 Å². The molecule has 0 amide bonds. The van der Waals surface area contributed by atoms with Crippen LogP contribution in [0.2, 0.25) is 0 Å². The molecule has 0 fully saturated rings. The second kappa shape index (κ2) is 14.7. The number of hydrogen-bond donors (Lipinski definition) is 2. The van der Waals surface area contributed by atoms with Crippen LogP contribution in [0.15, 0.2) is 195 Å². The third kappa shape index (κ3) is 6.31. The molecule has 0 saturated carbocycles. The van der Waals surface area contributed by atoms with Crippen LogP contribution in [-0.4, -0.2) is 14.5 Å². The summed E-state index contributed by atoms with van der Waals surface area (Å²) in [7, 11) is 2.07. The first-order valence-electron chi connectivity index (χ1n) is 18.7. The molecule has 5 nitrogen and oxygen atoms in total. The van der Waals surface area contributed by atoms with Gasteiger partial charge in [0, 0.05) is 76.6 Å². The largest absolute Gasteiger partial charge is 0.398 e. The number of pyridine rings is 2. The van der Waals surface area contributed by atoms with E-state index in [4.69, 9.17) is 11.5 Å². The van der Waals surface area contributed by atoms with E-state index < -0.39 is 0 Å². The highest BCUT2D eigenvalue weighted by Crippen LogP contribution is 2.46. The average molecular weight is 722 g/mol. The van der Waals surface area contributed by atoms with E-state index in [1.807, 2.05) is 36.7 Å². The average Bonchev–Trinajstić information content (AvgIpc) is 3.64. The van der Waals surface area contributed by atoms with Gasteiger partial charge in [0.1, 0.15) is 0 Å². The van der Waals surface area contributed by atoms with Gasteiger partial charge in [0.25, 0.3) is 0 Å². The van der Waals surface area contributed by atoms with Gasteiger partial charge in [-0.2, -0.15) is 0 Å². The standard InChI is InChI=1S/C51H39N5/c1-56-46(44-26-24-42(48(50(44)52)40-14-8-30-54-32-40)38-20-16-36(17-21-38)34-10-4-2-5-11-34)28-29-47(56)45-27-25-43(49(51(45)53)41-15-9-31-55-33-41)39-22-18-37(19-23-39)35-12-6-3-7-13-35/h2-33H,52-53H2,1H3. The Morgan fingerprint density at radius 1 is 0.339 bits per heavy atom. The minimum absolute atomic E-state index is 0.689. The molecule has 0 aliphatic heterocycles. The first kappa shape index (κ1) is 34.3. The van der Waals surface area contributed by atoms with E-state index in [2.05, 4.69) is 167 Å². The van der Waals surface area contributed by atoms with E-state index >= 15 is 0 Å². The van der Waals surface area contributed by atoms with Crippen LogP contribution in [0.5, 0.6) is 0 Å². The van der Waals surface area contributed by atoms with Crippen LogP contribution in [-0.2, 0) is 7.05 Å². The number of nitrogen functional groups attached to an aromatic ring is 2. The van der Waals surface area contributed by atoms with E-state index in [0.29, 0.717) is 11.4 Å². The van der Waals surface area contributed by atoms with Crippen LogP contribution >= 0.6 is 0 Å². The lowest BCUT2D eigenvalue weighted by atomic mass is 9.90. The van der Waals surface area contributed by atoms with E-state index in [1.165, 1.54) is 11.1 Å². The van der Waals surface area contributed by atoms with Crippen LogP contribution in [0.1, 0.15) is 0 Å². The van der Waals surface area contributed by atoms with E-state index in [0.717, 1.165) is 78.1 Å². The van der Waals surface area contributed by atoms with Gasteiger partial charge in [-0.1, -0.05) is 146 Å². The fourth-order valence-electron chi connectivity index (χ4n) is 7.81. The lowest BCUT2D eigenvalue weighted by molar-refractivity contribution is 0.947. The second-order valence-corrected chi connectivity index (χ2v) is 13.9. The molecule has 5 heteroatoms. The van der Waals surface area contributed by atoms with Crippen LogP contribution in [0, 0.1) is 0 Å². The topological polar surface area (TPSA) is 82.8 Å². The second-order valence-electron chi connectivity index (χ2n) is 13.9. The minimum atomic E-state index is 0.689. The van der Waals surface area contributed by atoms with Crippen LogP contribution < -0.4 is 11.5 Å². The van der Waals surface area contributed by atoms with Crippen molar-refractivity contribution in [2.75, 3.05) is 11.5 Å². The maximum Gasteiger partial charge on any atom is 0.0503 e. The first-order valence-corrected chi connectivity index (χ1v) is 18.7. The molecule has 0 unspecified atom stereocenters. The summed E-state index contributed by atoms with van der Waals surface area (Å²) in [6.45, 7) is 0. The Kier molecular flexibility index (Phi) is 9.02. The highest BCUT2D eigenvalue weighted by Gasteiger charge is 2.21. The van der Waals surface area contributed by atoms with Crippen LogP contribution in [0.25, 0.3) is 89.3 Å². The molecular weight excluding hydrogens is 683 g/mol. The Labute approximate surface area is 327 Å². The minimum Gasteiger partial charge on any atom is -0.398 e. The molecule has 3 aromatic heterocycles. The maximum atomic E-state index is 7.21. The molecule has 0 spiro atoms. The SMILES string of the molecule is Cn1c(-c2ccc(-c3ccc(-c4ccccc4)cc3)c(-c3cccnc3)c2N)ccc1-c1ccc(-c2ccc(-c3ccccc3)cc2)c(-c2cccnc2)c1N. The van der Waals surface area contributed by atoms with Gasteiger partial charge in [0.15, 0.2) is 0 Å². The molecule has 0 aliphatic carbocycles. The normalized spacial score (nSPS) is 11.1. The van der Waals surface area contributed by atoms with E-state index in [1.54, 1.807) is 12.4 Å². The predicted molar refractivity (Wildman–Crippen MR) is 233 cm³/mol. The van der Waals surface area contributed by atoms with Gasteiger partial charge in [-0.3, -0.25) is 9.97 Å². The molecule has 0 aliphatic rings. The van der Waals surface area contributed by atoms with Crippen molar-refractivity contribution in [3.05, 3.63) is 195 Å². The summed E-state index contributed by atoms with van der Waals surface area (Å²) < 4.78 is 2.18. The number of aromatic nitrogens is 3. The number of nitrogens with zero attached hydrogens (tertiary/aromatic N) is 3. The highest BCUT2D eigenvalue weighted by molar-refractivity contribution is 6.00. The van der Waals surface area contributed by atoms with Crippen molar-refractivity contribution < 1.29 is 0 Å². The summed E-state index contributed by atoms with van der Waals surface area (Å²) in [5, 5.41) is 0. The zero-order valence-electron chi connectivity index (χ0n) is 31.0. The number of nitrogens with two attached hydrogens (primary N) is 2. The van der Waals surface area contributed by atoms with Crippen molar-refractivity contribution in [2.45, 2.75) is 0 Å². The summed E-state index contributed by atoms with van der Waals surface area (Å²) in [6, 6.07) is 59.1. The van der Waals surface area contributed by atoms with Crippen molar-refractivity contribution in [3.63, 3.8) is 0 Å². The molecule has 4 N–H and O–H groups in total. The van der Waals surface area contributed by atoms with Crippen molar-refractivity contribution in [3.8, 4) is 89.3 Å². The Morgan fingerprint density at radius 3 is 1.05 bits per heavy atom. The molecule has 6 aromatic carbocycles. The summed E-state index contributed by atoms with van der Waals surface area (Å²) in [5.74, 6) is 0. The Hall–Kier alpha value is -7.50. The molecule has 268 valence electrons. The molecule has 9 aromatic rings. The zero-order valence-corrected chi connectivity index (χ0v) is 31.0. The number of benzene rings is 6. The summed E-state index contributed by atoms with van der Waals surface area (Å²) in [4.78, 5) is 8.93. The monoisotopic (exact) mass is 721 g/mol. The molecule has 0 radical (unpaired) electrons. The molecule has 3 heterocycles. The Balaban J connectivity index is 1.13. The molecular formula is C51H39N5. The quantitative estimate of drug-likeness (QED) is 0.153. The third-order valence-corrected chi connectivity index (χ3v) is 10.7. The lowest BCUT2D eigenvalue weighted by Crippen LogP contribution is -2.03. The first-order chi connectivity index (χ1) is 27.5. The molecule has 9 rings (SSSR count). The molecule has 56 heavy (non-hydrogen) atoms. The van der Waals surface area contributed by atoms with Crippen molar-refractivity contribution in [1.82, 2.24) is 14.5 Å². The summed E-state index contributed by atoms with van der Waals surface area (Å²) in [6.07, 6.45) is 7.34. The van der Waals surface area contributed by atoms with Gasteiger partial charge in [-0.05, 0) is 68.8 Å². The van der Waals surface area contributed by atoms with E-state index in [9.17, 15) is 0 Å². The van der Waals surface area contributed by atoms with Gasteiger partial charge < -0.3 is 16.0 Å². The van der Waals surface area contributed by atoms with Crippen molar-refractivity contribution in [2.24, 2.45) is 7.05 Å². The fourth-order valence-corrected chi connectivity index (χ4v) is 7.81. The fraction of sp³-hybridized carbons (Fsp3) is 0.0196. The number of anilines is 2. The predicted octanol–water partition coefficient (Wildman–Crippen LogP) is 12.3. The molecule has 0 saturated heterocycles. The van der Waals surface area contributed by atoms with Gasteiger partial charge >= 0.3 is 0 Å². The van der Waals surface area contributed by atoms with Crippen LogP contribution in [0.3, 0.4) is 0 Å². The van der Waals surface area contributed by atoms with E-state index in [-0.39, 0.29) is 0 Å². The van der Waals surface area contributed by atoms with Crippen molar-refractivity contribution >= 4 is 11.4 Å². The number of rotatable bonds is 8. The van der Waals surface area contributed by atoms with Gasteiger partial charge in [0.05, 0.1) is 11.4 Å². The van der Waals surface area contributed by atoms with Gasteiger partial charge in [-0.15, -0.1) is 0 Å². The summed E-state index contributed by atoms with van der Waals surface area (Å²) in [5.41, 5.74) is 32.4. The summed E-state index contributed by atoms with van der Waals surface area (Å²) >= 11 is 0. The maximum absolute atomic E-state index is 7.21. The Bertz CT molecular complexity index is 2580. The molecule has 0 atom stereocenters. The van der Waals surface area contributed by atoms with Crippen LogP contribution in [0.4, 0.5) is 11.4 Å². The highest BCUT2D eigenvalue weighted by atomic mass is 15.0. The molecule has 0 bridgehead atoms. The third-order valence-electron chi connectivity index (χ3n) is 10.7.